The van der Waals surface area contributed by atoms with Crippen LogP contribution in [0.25, 0.3) is 16.6 Å². The standard InChI is InChI=1S/C23H17ClN4O4S/c1-14(21(29)25-16-7-5-9-18(13-16)28(31)32)33-23-26-20-11-3-2-10-19(20)22(30)27(23)17-8-4-6-15(24)12-17/h2-14H,1H3,(H,25,29). The van der Waals surface area contributed by atoms with Gasteiger partial charge in [-0.2, -0.15) is 0 Å². The van der Waals surface area contributed by atoms with Crippen molar-refractivity contribution in [3.05, 3.63) is 98.3 Å². The molecule has 33 heavy (non-hydrogen) atoms. The molecule has 0 bridgehead atoms. The molecule has 1 aromatic heterocycles. The van der Waals surface area contributed by atoms with Crippen molar-refractivity contribution in [1.82, 2.24) is 9.55 Å². The van der Waals surface area contributed by atoms with Crippen LogP contribution in [0.3, 0.4) is 0 Å². The number of nitrogens with zero attached hydrogens (tertiary/aromatic N) is 3. The molecule has 0 fully saturated rings. The maximum absolute atomic E-state index is 13.3. The van der Waals surface area contributed by atoms with Crippen molar-refractivity contribution in [2.24, 2.45) is 0 Å². The Kier molecular flexibility index (Phi) is 6.43. The highest BCUT2D eigenvalue weighted by atomic mass is 35.5. The number of anilines is 1. The van der Waals surface area contributed by atoms with Crippen molar-refractivity contribution in [1.29, 1.82) is 0 Å². The topological polar surface area (TPSA) is 107 Å². The second-order valence-electron chi connectivity index (χ2n) is 7.09. The number of nitro benzene ring substituents is 1. The van der Waals surface area contributed by atoms with Gasteiger partial charge in [0.2, 0.25) is 5.91 Å². The lowest BCUT2D eigenvalue weighted by Gasteiger charge is -2.16. The van der Waals surface area contributed by atoms with E-state index < -0.39 is 10.2 Å². The molecule has 1 heterocycles. The summed E-state index contributed by atoms with van der Waals surface area (Å²) in [6.07, 6.45) is 0. The van der Waals surface area contributed by atoms with Gasteiger partial charge in [0, 0.05) is 22.8 Å². The fourth-order valence-corrected chi connectivity index (χ4v) is 4.30. The van der Waals surface area contributed by atoms with Crippen LogP contribution >= 0.6 is 23.4 Å². The summed E-state index contributed by atoms with van der Waals surface area (Å²) >= 11 is 7.25. The van der Waals surface area contributed by atoms with Crippen LogP contribution in [0.15, 0.2) is 82.7 Å². The fraction of sp³-hybridized carbons (Fsp3) is 0.0870. The van der Waals surface area contributed by atoms with Gasteiger partial charge in [-0.05, 0) is 43.3 Å². The SMILES string of the molecule is CC(Sc1nc2ccccc2c(=O)n1-c1cccc(Cl)c1)C(=O)Nc1cccc([N+](=O)[O-])c1. The Labute approximate surface area is 197 Å². The minimum Gasteiger partial charge on any atom is -0.325 e. The Hall–Kier alpha value is -3.69. The van der Waals surface area contributed by atoms with Crippen LogP contribution in [0.2, 0.25) is 5.02 Å². The molecule has 0 aliphatic carbocycles. The lowest BCUT2D eigenvalue weighted by molar-refractivity contribution is -0.384. The van der Waals surface area contributed by atoms with Gasteiger partial charge in [-0.3, -0.25) is 24.3 Å². The molecule has 3 aromatic carbocycles. The average molecular weight is 481 g/mol. The summed E-state index contributed by atoms with van der Waals surface area (Å²) in [6, 6.07) is 19.5. The predicted octanol–water partition coefficient (Wildman–Crippen LogP) is 5.07. The molecule has 0 saturated carbocycles. The van der Waals surface area contributed by atoms with Crippen molar-refractivity contribution in [2.75, 3.05) is 5.32 Å². The Bertz CT molecular complexity index is 1440. The third kappa shape index (κ3) is 4.89. The molecular formula is C23H17ClN4O4S. The van der Waals surface area contributed by atoms with Crippen molar-refractivity contribution in [2.45, 2.75) is 17.3 Å². The number of carbonyl (C=O) groups excluding carboxylic acids is 1. The van der Waals surface area contributed by atoms with Crippen molar-refractivity contribution in [3.8, 4) is 5.69 Å². The highest BCUT2D eigenvalue weighted by Crippen LogP contribution is 2.27. The van der Waals surface area contributed by atoms with E-state index >= 15 is 0 Å². The number of hydrogen-bond donors (Lipinski definition) is 1. The maximum Gasteiger partial charge on any atom is 0.271 e. The monoisotopic (exact) mass is 480 g/mol. The van der Waals surface area contributed by atoms with E-state index in [4.69, 9.17) is 11.6 Å². The number of nitrogens with one attached hydrogen (secondary N) is 1. The smallest absolute Gasteiger partial charge is 0.271 e. The molecule has 10 heteroatoms. The number of aromatic nitrogens is 2. The molecule has 4 aromatic rings. The summed E-state index contributed by atoms with van der Waals surface area (Å²) in [5, 5.41) is 14.2. The van der Waals surface area contributed by atoms with Gasteiger partial charge in [0.25, 0.3) is 11.2 Å². The second-order valence-corrected chi connectivity index (χ2v) is 8.83. The zero-order chi connectivity index (χ0) is 23.5. The van der Waals surface area contributed by atoms with Gasteiger partial charge in [-0.1, -0.05) is 47.6 Å². The van der Waals surface area contributed by atoms with Gasteiger partial charge in [0.15, 0.2) is 5.16 Å². The van der Waals surface area contributed by atoms with Crippen molar-refractivity contribution >= 4 is 51.5 Å². The van der Waals surface area contributed by atoms with Gasteiger partial charge in [0.05, 0.1) is 26.8 Å². The number of hydrogen-bond acceptors (Lipinski definition) is 6. The first-order valence-electron chi connectivity index (χ1n) is 9.83. The minimum absolute atomic E-state index is 0.126. The highest BCUT2D eigenvalue weighted by Gasteiger charge is 2.21. The number of thioether (sulfide) groups is 1. The summed E-state index contributed by atoms with van der Waals surface area (Å²) in [6.45, 7) is 1.67. The molecule has 1 amide bonds. The second kappa shape index (κ2) is 9.43. The van der Waals surface area contributed by atoms with Crippen LogP contribution in [0.5, 0.6) is 0 Å². The van der Waals surface area contributed by atoms with Crippen LogP contribution in [0.1, 0.15) is 6.92 Å². The molecule has 1 atom stereocenters. The Morgan fingerprint density at radius 2 is 1.88 bits per heavy atom. The van der Waals surface area contributed by atoms with Gasteiger partial charge in [0.1, 0.15) is 0 Å². The van der Waals surface area contributed by atoms with Gasteiger partial charge < -0.3 is 5.32 Å². The lowest BCUT2D eigenvalue weighted by Crippen LogP contribution is -2.26. The largest absolute Gasteiger partial charge is 0.325 e. The molecule has 8 nitrogen and oxygen atoms in total. The molecule has 1 unspecified atom stereocenters. The normalized spacial score (nSPS) is 11.8. The first-order valence-corrected chi connectivity index (χ1v) is 11.1. The van der Waals surface area contributed by atoms with E-state index in [9.17, 15) is 19.7 Å². The Morgan fingerprint density at radius 1 is 1.12 bits per heavy atom. The zero-order valence-electron chi connectivity index (χ0n) is 17.3. The average Bonchev–Trinajstić information content (AvgIpc) is 2.79. The Morgan fingerprint density at radius 3 is 2.64 bits per heavy atom. The van der Waals surface area contributed by atoms with E-state index in [1.807, 2.05) is 0 Å². The molecular weight excluding hydrogens is 464 g/mol. The summed E-state index contributed by atoms with van der Waals surface area (Å²) in [4.78, 5) is 41.2. The number of rotatable bonds is 6. The van der Waals surface area contributed by atoms with Gasteiger partial charge in [-0.25, -0.2) is 4.98 Å². The number of amides is 1. The number of non-ortho nitro benzene ring substituents is 1. The van der Waals surface area contributed by atoms with E-state index in [0.29, 0.717) is 32.5 Å². The molecule has 0 aliphatic rings. The van der Waals surface area contributed by atoms with E-state index in [1.165, 1.54) is 22.8 Å². The summed E-state index contributed by atoms with van der Waals surface area (Å²) < 4.78 is 1.43. The van der Waals surface area contributed by atoms with Crippen LogP contribution in [-0.4, -0.2) is 25.6 Å². The van der Waals surface area contributed by atoms with Crippen LogP contribution in [0.4, 0.5) is 11.4 Å². The van der Waals surface area contributed by atoms with E-state index in [1.54, 1.807) is 61.5 Å². The van der Waals surface area contributed by atoms with Crippen LogP contribution in [0, 0.1) is 10.1 Å². The van der Waals surface area contributed by atoms with Crippen molar-refractivity contribution < 1.29 is 9.72 Å². The molecule has 0 aliphatic heterocycles. The summed E-state index contributed by atoms with van der Waals surface area (Å²) in [7, 11) is 0. The number of benzene rings is 3. The molecule has 166 valence electrons. The fourth-order valence-electron chi connectivity index (χ4n) is 3.19. The summed E-state index contributed by atoms with van der Waals surface area (Å²) in [5.41, 5.74) is 0.935. The Balaban J connectivity index is 1.69. The first-order chi connectivity index (χ1) is 15.8. The lowest BCUT2D eigenvalue weighted by atomic mass is 10.2. The molecule has 4 rings (SSSR count). The third-order valence-corrected chi connectivity index (χ3v) is 6.07. The van der Waals surface area contributed by atoms with E-state index in [-0.39, 0.29) is 17.2 Å². The number of carbonyl (C=O) groups is 1. The molecule has 0 saturated heterocycles. The number of halogens is 1. The van der Waals surface area contributed by atoms with E-state index in [2.05, 4.69) is 10.3 Å². The van der Waals surface area contributed by atoms with E-state index in [0.717, 1.165) is 11.8 Å². The summed E-state index contributed by atoms with van der Waals surface area (Å²) in [5.74, 6) is -0.388. The van der Waals surface area contributed by atoms with Gasteiger partial charge in [-0.15, -0.1) is 0 Å². The first kappa shape index (κ1) is 22.5. The number of para-hydroxylation sites is 1. The zero-order valence-corrected chi connectivity index (χ0v) is 18.8. The van der Waals surface area contributed by atoms with Crippen LogP contribution in [-0.2, 0) is 4.79 Å². The number of fused-ring (bicyclic) bond motifs is 1. The number of nitro groups is 1. The predicted molar refractivity (Wildman–Crippen MR) is 129 cm³/mol. The molecule has 1 N–H and O–H groups in total. The molecule has 0 spiro atoms. The highest BCUT2D eigenvalue weighted by molar-refractivity contribution is 8.00. The maximum atomic E-state index is 13.3. The van der Waals surface area contributed by atoms with Crippen LogP contribution < -0.4 is 10.9 Å². The van der Waals surface area contributed by atoms with Gasteiger partial charge >= 0.3 is 0 Å². The molecule has 0 radical (unpaired) electrons. The third-order valence-electron chi connectivity index (χ3n) is 4.79. The minimum atomic E-state index is -0.664. The van der Waals surface area contributed by atoms with Crippen molar-refractivity contribution in [3.63, 3.8) is 0 Å². The quantitative estimate of drug-likeness (QED) is 0.179.